The number of hydrogen-bond acceptors (Lipinski definition) is 6. The van der Waals surface area contributed by atoms with Crippen LogP contribution in [0.3, 0.4) is 0 Å². The van der Waals surface area contributed by atoms with Crippen LogP contribution in [-0.2, 0) is 4.74 Å². The van der Waals surface area contributed by atoms with Gasteiger partial charge < -0.3 is 10.5 Å². The molecule has 0 saturated carbocycles. The van der Waals surface area contributed by atoms with Crippen molar-refractivity contribution < 1.29 is 4.74 Å². The number of anilines is 1. The molecule has 1 unspecified atom stereocenters. The number of nitrogen functional groups attached to an aromatic ring is 1. The molecule has 1 aliphatic heterocycles. The van der Waals surface area contributed by atoms with Gasteiger partial charge in [0.25, 0.3) is 0 Å². The van der Waals surface area contributed by atoms with E-state index in [0.29, 0.717) is 5.69 Å². The number of ether oxygens (including phenoxy) is 1. The summed E-state index contributed by atoms with van der Waals surface area (Å²) in [6.45, 7) is 0.778. The SMILES string of the molecule is CSc1nccc(-c2nn(C3CCCCO3)c3ccc(N)cc23)n1. The molecule has 0 amide bonds. The molecule has 24 heavy (non-hydrogen) atoms. The van der Waals surface area contributed by atoms with Gasteiger partial charge in [0, 0.05) is 23.9 Å². The molecule has 1 aliphatic rings. The van der Waals surface area contributed by atoms with Crippen LogP contribution in [0.2, 0.25) is 0 Å². The van der Waals surface area contributed by atoms with Crippen molar-refractivity contribution in [2.75, 3.05) is 18.6 Å². The van der Waals surface area contributed by atoms with E-state index < -0.39 is 0 Å². The fraction of sp³-hybridized carbons (Fsp3) is 0.353. The maximum absolute atomic E-state index is 6.01. The minimum atomic E-state index is -0.0273. The van der Waals surface area contributed by atoms with E-state index in [2.05, 4.69) is 9.97 Å². The van der Waals surface area contributed by atoms with E-state index in [0.717, 1.165) is 53.3 Å². The maximum atomic E-state index is 6.01. The second kappa shape index (κ2) is 6.41. The monoisotopic (exact) mass is 341 g/mol. The molecule has 3 heterocycles. The molecular weight excluding hydrogens is 322 g/mol. The van der Waals surface area contributed by atoms with Gasteiger partial charge in [0.15, 0.2) is 11.4 Å². The predicted octanol–water partition coefficient (Wildman–Crippen LogP) is 3.50. The molecule has 1 aromatic carbocycles. The van der Waals surface area contributed by atoms with Crippen LogP contribution < -0.4 is 5.73 Å². The van der Waals surface area contributed by atoms with Crippen LogP contribution >= 0.6 is 11.8 Å². The van der Waals surface area contributed by atoms with Gasteiger partial charge in [0.2, 0.25) is 0 Å². The van der Waals surface area contributed by atoms with Crippen molar-refractivity contribution >= 4 is 28.4 Å². The summed E-state index contributed by atoms with van der Waals surface area (Å²) in [5, 5.41) is 6.56. The zero-order valence-electron chi connectivity index (χ0n) is 13.5. The van der Waals surface area contributed by atoms with Gasteiger partial charge in [-0.25, -0.2) is 14.6 Å². The largest absolute Gasteiger partial charge is 0.399 e. The number of hydrogen-bond donors (Lipinski definition) is 1. The first kappa shape index (κ1) is 15.4. The standard InChI is InChI=1S/C17H19N5OS/c1-24-17-19-8-7-13(20-17)16-12-10-11(18)5-6-14(12)22(21-16)15-4-2-3-9-23-15/h5-8,10,15H,2-4,9,18H2,1H3. The Labute approximate surface area is 144 Å². The van der Waals surface area contributed by atoms with Gasteiger partial charge in [0.1, 0.15) is 5.69 Å². The van der Waals surface area contributed by atoms with Crippen LogP contribution in [-0.4, -0.2) is 32.6 Å². The molecule has 3 aromatic rings. The quantitative estimate of drug-likeness (QED) is 0.446. The molecule has 7 heteroatoms. The Morgan fingerprint density at radius 3 is 3.00 bits per heavy atom. The van der Waals surface area contributed by atoms with Gasteiger partial charge in [-0.2, -0.15) is 5.10 Å². The molecular formula is C17H19N5OS. The topological polar surface area (TPSA) is 78.8 Å². The van der Waals surface area contributed by atoms with Crippen LogP contribution in [0, 0.1) is 0 Å². The van der Waals surface area contributed by atoms with E-state index in [1.54, 1.807) is 6.20 Å². The molecule has 1 fully saturated rings. The van der Waals surface area contributed by atoms with E-state index >= 15 is 0 Å². The highest BCUT2D eigenvalue weighted by Crippen LogP contribution is 2.33. The van der Waals surface area contributed by atoms with Crippen molar-refractivity contribution in [3.05, 3.63) is 30.5 Å². The average molecular weight is 341 g/mol. The maximum Gasteiger partial charge on any atom is 0.187 e. The molecule has 4 rings (SSSR count). The number of rotatable bonds is 3. The number of nitrogens with two attached hydrogens (primary N) is 1. The molecule has 0 aliphatic carbocycles. The number of aromatic nitrogens is 4. The lowest BCUT2D eigenvalue weighted by molar-refractivity contribution is -0.0365. The Hall–Kier alpha value is -2.12. The summed E-state index contributed by atoms with van der Waals surface area (Å²) in [4.78, 5) is 8.84. The second-order valence-electron chi connectivity index (χ2n) is 5.82. The van der Waals surface area contributed by atoms with Crippen LogP contribution in [0.4, 0.5) is 5.69 Å². The number of benzene rings is 1. The van der Waals surface area contributed by atoms with E-state index in [9.17, 15) is 0 Å². The lowest BCUT2D eigenvalue weighted by atomic mass is 10.1. The van der Waals surface area contributed by atoms with E-state index in [1.165, 1.54) is 11.8 Å². The predicted molar refractivity (Wildman–Crippen MR) is 95.8 cm³/mol. The fourth-order valence-electron chi connectivity index (χ4n) is 3.05. The Kier molecular flexibility index (Phi) is 4.12. The minimum Gasteiger partial charge on any atom is -0.399 e. The van der Waals surface area contributed by atoms with E-state index in [1.807, 2.05) is 35.2 Å². The van der Waals surface area contributed by atoms with Gasteiger partial charge >= 0.3 is 0 Å². The third-order valence-corrected chi connectivity index (χ3v) is 4.78. The molecule has 1 atom stereocenters. The Balaban J connectivity index is 1.89. The van der Waals surface area contributed by atoms with Gasteiger partial charge in [-0.15, -0.1) is 0 Å². The normalized spacial score (nSPS) is 18.1. The molecule has 124 valence electrons. The van der Waals surface area contributed by atoms with E-state index in [4.69, 9.17) is 15.6 Å². The first-order valence-electron chi connectivity index (χ1n) is 8.03. The number of nitrogens with zero attached hydrogens (tertiary/aromatic N) is 4. The van der Waals surface area contributed by atoms with Crippen molar-refractivity contribution in [3.63, 3.8) is 0 Å². The summed E-state index contributed by atoms with van der Waals surface area (Å²) in [6.07, 6.45) is 6.94. The average Bonchev–Trinajstić information content (AvgIpc) is 3.01. The van der Waals surface area contributed by atoms with E-state index in [-0.39, 0.29) is 6.23 Å². The summed E-state index contributed by atoms with van der Waals surface area (Å²) < 4.78 is 7.91. The van der Waals surface area contributed by atoms with Crippen LogP contribution in [0.1, 0.15) is 25.5 Å². The molecule has 1 saturated heterocycles. The van der Waals surface area contributed by atoms with Gasteiger partial charge in [-0.05, 0) is 49.8 Å². The molecule has 6 nitrogen and oxygen atoms in total. The summed E-state index contributed by atoms with van der Waals surface area (Å²) >= 11 is 1.51. The lowest BCUT2D eigenvalue weighted by Gasteiger charge is -2.23. The highest BCUT2D eigenvalue weighted by molar-refractivity contribution is 7.98. The molecule has 0 radical (unpaired) electrons. The zero-order chi connectivity index (χ0) is 16.5. The van der Waals surface area contributed by atoms with Crippen molar-refractivity contribution in [3.8, 4) is 11.4 Å². The first-order valence-corrected chi connectivity index (χ1v) is 9.25. The smallest absolute Gasteiger partial charge is 0.187 e. The molecule has 2 N–H and O–H groups in total. The third-order valence-electron chi connectivity index (χ3n) is 4.22. The third kappa shape index (κ3) is 2.74. The number of fused-ring (bicyclic) bond motifs is 1. The van der Waals surface area contributed by atoms with Crippen LogP contribution in [0.5, 0.6) is 0 Å². The van der Waals surface area contributed by atoms with Crippen molar-refractivity contribution in [1.82, 2.24) is 19.7 Å². The second-order valence-corrected chi connectivity index (χ2v) is 6.59. The Bertz CT molecular complexity index is 873. The van der Waals surface area contributed by atoms with Crippen LogP contribution in [0.25, 0.3) is 22.3 Å². The first-order chi connectivity index (χ1) is 11.8. The Morgan fingerprint density at radius 2 is 2.21 bits per heavy atom. The Morgan fingerprint density at radius 1 is 1.29 bits per heavy atom. The van der Waals surface area contributed by atoms with Crippen molar-refractivity contribution in [1.29, 1.82) is 0 Å². The number of thioether (sulfide) groups is 1. The molecule has 0 bridgehead atoms. The van der Waals surface area contributed by atoms with Gasteiger partial charge in [0.05, 0.1) is 11.2 Å². The zero-order valence-corrected chi connectivity index (χ0v) is 14.3. The van der Waals surface area contributed by atoms with Gasteiger partial charge in [-0.1, -0.05) is 11.8 Å². The van der Waals surface area contributed by atoms with Crippen molar-refractivity contribution in [2.45, 2.75) is 30.6 Å². The molecule has 0 spiro atoms. The minimum absolute atomic E-state index is 0.0273. The summed E-state index contributed by atoms with van der Waals surface area (Å²) in [6, 6.07) is 7.75. The van der Waals surface area contributed by atoms with Gasteiger partial charge in [-0.3, -0.25) is 0 Å². The lowest BCUT2D eigenvalue weighted by Crippen LogP contribution is -2.19. The van der Waals surface area contributed by atoms with Crippen LogP contribution in [0.15, 0.2) is 35.6 Å². The highest BCUT2D eigenvalue weighted by Gasteiger charge is 2.22. The summed E-state index contributed by atoms with van der Waals surface area (Å²) in [5.41, 5.74) is 9.38. The highest BCUT2D eigenvalue weighted by atomic mass is 32.2. The fourth-order valence-corrected chi connectivity index (χ4v) is 3.41. The summed E-state index contributed by atoms with van der Waals surface area (Å²) in [7, 11) is 0. The van der Waals surface area contributed by atoms with Crippen molar-refractivity contribution in [2.24, 2.45) is 0 Å². The molecule has 2 aromatic heterocycles. The summed E-state index contributed by atoms with van der Waals surface area (Å²) in [5.74, 6) is 0.